The largest absolute Gasteiger partial charge is 0.467 e. The van der Waals surface area contributed by atoms with Gasteiger partial charge in [0.05, 0.1) is 29.0 Å². The highest BCUT2D eigenvalue weighted by molar-refractivity contribution is 7.92. The second-order valence-corrected chi connectivity index (χ2v) is 9.54. The first kappa shape index (κ1) is 22.6. The van der Waals surface area contributed by atoms with E-state index >= 15 is 0 Å². The van der Waals surface area contributed by atoms with Crippen molar-refractivity contribution in [2.75, 3.05) is 10.8 Å². The lowest BCUT2D eigenvalue weighted by Gasteiger charge is -2.30. The number of anilines is 1. The lowest BCUT2D eigenvalue weighted by atomic mass is 10.0. The molecule has 9 heteroatoms. The summed E-state index contributed by atoms with van der Waals surface area (Å²) < 4.78 is 38.2. The summed E-state index contributed by atoms with van der Waals surface area (Å²) in [5, 5.41) is 2.62. The lowest BCUT2D eigenvalue weighted by molar-refractivity contribution is -0.129. The predicted octanol–water partition coefficient (Wildman–Crippen LogP) is 3.28. The van der Waals surface area contributed by atoms with Crippen LogP contribution in [0.4, 0.5) is 5.69 Å². The number of hydrogen-bond donors (Lipinski definition) is 1. The molecule has 0 unspecified atom stereocenters. The molecule has 0 fully saturated rings. The molecule has 0 aliphatic carbocycles. The van der Waals surface area contributed by atoms with Gasteiger partial charge in [-0.3, -0.25) is 9.10 Å². The van der Waals surface area contributed by atoms with Crippen molar-refractivity contribution in [3.05, 3.63) is 83.8 Å². The molecule has 8 nitrogen and oxygen atoms in total. The molecule has 1 aromatic heterocycles. The number of para-hydroxylation sites is 1. The quantitative estimate of drug-likeness (QED) is 0.534. The minimum atomic E-state index is -3.78. The number of benzene rings is 2. The Labute approximate surface area is 192 Å². The smallest absolute Gasteiger partial charge is 0.338 e. The Bertz CT molecular complexity index is 1240. The fourth-order valence-electron chi connectivity index (χ4n) is 3.65. The molecule has 3 aromatic rings. The Hall–Kier alpha value is -3.59. The van der Waals surface area contributed by atoms with Gasteiger partial charge in [-0.05, 0) is 67.8 Å². The first-order valence-electron chi connectivity index (χ1n) is 10.6. The fraction of sp³-hybridized carbons (Fsp3) is 0.250. The predicted molar refractivity (Wildman–Crippen MR) is 121 cm³/mol. The van der Waals surface area contributed by atoms with E-state index in [-0.39, 0.29) is 17.0 Å². The van der Waals surface area contributed by atoms with Crippen molar-refractivity contribution in [1.82, 2.24) is 5.32 Å². The molecule has 1 N–H and O–H groups in total. The number of aryl methyl sites for hydroxylation is 1. The number of esters is 1. The number of carbonyl (C=O) groups excluding carboxylic acids is 2. The molecule has 1 aliphatic heterocycles. The Morgan fingerprint density at radius 3 is 2.58 bits per heavy atom. The zero-order chi connectivity index (χ0) is 23.4. The summed E-state index contributed by atoms with van der Waals surface area (Å²) >= 11 is 0. The summed E-state index contributed by atoms with van der Waals surface area (Å²) in [6, 6.07) is 16.4. The highest BCUT2D eigenvalue weighted by Gasteiger charge is 2.29. The summed E-state index contributed by atoms with van der Waals surface area (Å²) in [5.41, 5.74) is 1.83. The summed E-state index contributed by atoms with van der Waals surface area (Å²) in [6.45, 7) is 2.04. The van der Waals surface area contributed by atoms with Gasteiger partial charge in [-0.15, -0.1) is 0 Å². The number of furan rings is 1. The van der Waals surface area contributed by atoms with Crippen LogP contribution in [0, 0.1) is 0 Å². The monoisotopic (exact) mass is 468 g/mol. The summed E-state index contributed by atoms with van der Waals surface area (Å²) in [5.74, 6) is -0.611. The van der Waals surface area contributed by atoms with Crippen LogP contribution in [0.1, 0.15) is 35.0 Å². The van der Waals surface area contributed by atoms with E-state index in [1.807, 2.05) is 18.2 Å². The van der Waals surface area contributed by atoms with Crippen LogP contribution >= 0.6 is 0 Å². The van der Waals surface area contributed by atoms with Gasteiger partial charge in [0.15, 0.2) is 6.10 Å². The highest BCUT2D eigenvalue weighted by Crippen LogP contribution is 2.31. The van der Waals surface area contributed by atoms with Crippen LogP contribution in [0.2, 0.25) is 0 Å². The third kappa shape index (κ3) is 4.93. The average molecular weight is 469 g/mol. The molecular weight excluding hydrogens is 444 g/mol. The van der Waals surface area contributed by atoms with Crippen molar-refractivity contribution in [2.24, 2.45) is 0 Å². The maximum Gasteiger partial charge on any atom is 0.338 e. The van der Waals surface area contributed by atoms with Crippen molar-refractivity contribution in [1.29, 1.82) is 0 Å². The third-order valence-corrected chi connectivity index (χ3v) is 7.24. The van der Waals surface area contributed by atoms with Crippen LogP contribution < -0.4 is 9.62 Å². The number of hydrogen-bond acceptors (Lipinski definition) is 6. The van der Waals surface area contributed by atoms with E-state index in [1.54, 1.807) is 18.2 Å². The van der Waals surface area contributed by atoms with Gasteiger partial charge in [0.25, 0.3) is 15.9 Å². The van der Waals surface area contributed by atoms with E-state index in [4.69, 9.17) is 9.15 Å². The van der Waals surface area contributed by atoms with Crippen molar-refractivity contribution in [2.45, 2.75) is 37.3 Å². The SMILES string of the molecule is C[C@@H](OC(=O)c1ccc(S(=O)(=O)N2CCCc3ccccc32)cc1)C(=O)NCc1ccco1. The summed E-state index contributed by atoms with van der Waals surface area (Å²) in [6.07, 6.45) is 2.04. The molecule has 0 spiro atoms. The Balaban J connectivity index is 1.41. The van der Waals surface area contributed by atoms with Crippen LogP contribution in [-0.2, 0) is 32.5 Å². The number of sulfonamides is 1. The molecule has 1 amide bonds. The Morgan fingerprint density at radius 2 is 1.85 bits per heavy atom. The molecule has 0 saturated carbocycles. The number of carbonyl (C=O) groups is 2. The van der Waals surface area contributed by atoms with Crippen LogP contribution in [0.15, 0.2) is 76.2 Å². The van der Waals surface area contributed by atoms with E-state index in [2.05, 4.69) is 5.32 Å². The second-order valence-electron chi connectivity index (χ2n) is 7.68. The molecule has 1 atom stereocenters. The van der Waals surface area contributed by atoms with Crippen LogP contribution in [0.5, 0.6) is 0 Å². The molecule has 2 heterocycles. The van der Waals surface area contributed by atoms with Crippen molar-refractivity contribution >= 4 is 27.6 Å². The first-order valence-corrected chi connectivity index (χ1v) is 12.0. The zero-order valence-corrected chi connectivity index (χ0v) is 18.9. The molecule has 172 valence electrons. The normalized spacial score (nSPS) is 14.3. The molecule has 2 aromatic carbocycles. The number of ether oxygens (including phenoxy) is 1. The van der Waals surface area contributed by atoms with E-state index in [1.165, 1.54) is 41.8 Å². The molecule has 0 bridgehead atoms. The van der Waals surface area contributed by atoms with Gasteiger partial charge >= 0.3 is 5.97 Å². The Morgan fingerprint density at radius 1 is 1.09 bits per heavy atom. The van der Waals surface area contributed by atoms with Crippen LogP contribution in [-0.4, -0.2) is 32.9 Å². The van der Waals surface area contributed by atoms with Gasteiger partial charge in [0.1, 0.15) is 5.76 Å². The number of fused-ring (bicyclic) bond motifs is 1. The van der Waals surface area contributed by atoms with E-state index < -0.39 is 28.0 Å². The number of rotatable bonds is 7. The van der Waals surface area contributed by atoms with Crippen molar-refractivity contribution in [3.63, 3.8) is 0 Å². The van der Waals surface area contributed by atoms with Crippen LogP contribution in [0.25, 0.3) is 0 Å². The van der Waals surface area contributed by atoms with E-state index in [9.17, 15) is 18.0 Å². The second kappa shape index (κ2) is 9.50. The molecule has 1 aliphatic rings. The number of nitrogens with zero attached hydrogens (tertiary/aromatic N) is 1. The topological polar surface area (TPSA) is 106 Å². The van der Waals surface area contributed by atoms with Gasteiger partial charge in [0, 0.05) is 6.54 Å². The van der Waals surface area contributed by atoms with Gasteiger partial charge in [-0.1, -0.05) is 18.2 Å². The van der Waals surface area contributed by atoms with Gasteiger partial charge in [0.2, 0.25) is 0 Å². The van der Waals surface area contributed by atoms with Gasteiger partial charge in [-0.2, -0.15) is 0 Å². The maximum atomic E-state index is 13.2. The third-order valence-electron chi connectivity index (χ3n) is 5.42. The average Bonchev–Trinajstić information content (AvgIpc) is 3.36. The Kier molecular flexibility index (Phi) is 6.50. The minimum absolute atomic E-state index is 0.0833. The lowest BCUT2D eigenvalue weighted by Crippen LogP contribution is -2.35. The summed E-state index contributed by atoms with van der Waals surface area (Å²) in [7, 11) is -3.78. The van der Waals surface area contributed by atoms with Gasteiger partial charge < -0.3 is 14.5 Å². The molecular formula is C24H24N2O6S. The van der Waals surface area contributed by atoms with E-state index in [0.29, 0.717) is 18.0 Å². The fourth-order valence-corrected chi connectivity index (χ4v) is 5.19. The zero-order valence-electron chi connectivity index (χ0n) is 18.1. The number of nitrogens with one attached hydrogen (secondary N) is 1. The van der Waals surface area contributed by atoms with Crippen molar-refractivity contribution in [3.8, 4) is 0 Å². The van der Waals surface area contributed by atoms with Crippen LogP contribution in [0.3, 0.4) is 0 Å². The number of amides is 1. The van der Waals surface area contributed by atoms with Gasteiger partial charge in [-0.25, -0.2) is 13.2 Å². The summed E-state index contributed by atoms with van der Waals surface area (Å²) in [4.78, 5) is 24.7. The molecule has 0 radical (unpaired) electrons. The molecule has 0 saturated heterocycles. The van der Waals surface area contributed by atoms with E-state index in [0.717, 1.165) is 18.4 Å². The molecule has 4 rings (SSSR count). The highest BCUT2D eigenvalue weighted by atomic mass is 32.2. The minimum Gasteiger partial charge on any atom is -0.467 e. The molecule has 33 heavy (non-hydrogen) atoms. The standard InChI is InChI=1S/C24H24N2O6S/c1-17(23(27)25-16-20-8-5-15-31-20)32-24(28)19-10-12-21(13-11-19)33(29,30)26-14-4-7-18-6-2-3-9-22(18)26/h2-3,5-6,8-13,15,17H,4,7,14,16H2,1H3,(H,25,27)/t17-/m1/s1. The first-order chi connectivity index (χ1) is 15.9. The maximum absolute atomic E-state index is 13.2. The van der Waals surface area contributed by atoms with Crippen molar-refractivity contribution < 1.29 is 27.2 Å².